The largest absolute Gasteiger partial charge is 0.396 e. The van der Waals surface area contributed by atoms with Gasteiger partial charge in [-0.15, -0.1) is 0 Å². The predicted octanol–water partition coefficient (Wildman–Crippen LogP) is 2.31. The van der Waals surface area contributed by atoms with Crippen LogP contribution in [0.2, 0.25) is 0 Å². The van der Waals surface area contributed by atoms with Crippen molar-refractivity contribution in [2.24, 2.45) is 11.8 Å². The number of hydrogen-bond acceptors (Lipinski definition) is 3. The van der Waals surface area contributed by atoms with E-state index < -0.39 is 0 Å². The minimum atomic E-state index is 0.0823. The standard InChI is InChI=1S/C17H25NO3/c1-13(2)11-21-12-14-3-5-16(6-4-14)17(20)18-9-15(10-18)7-8-19/h3-6,13,15,19H,7-12H2,1-2H3. The number of nitrogens with zero attached hydrogens (tertiary/aromatic N) is 1. The van der Waals surface area contributed by atoms with Gasteiger partial charge in [0.05, 0.1) is 6.61 Å². The van der Waals surface area contributed by atoms with Crippen LogP contribution in [-0.2, 0) is 11.3 Å². The highest BCUT2D eigenvalue weighted by molar-refractivity contribution is 5.94. The second-order valence-corrected chi connectivity index (χ2v) is 6.19. The third-order valence-electron chi connectivity index (χ3n) is 3.70. The van der Waals surface area contributed by atoms with Crippen LogP contribution in [0.3, 0.4) is 0 Å². The van der Waals surface area contributed by atoms with Gasteiger partial charge in [-0.2, -0.15) is 0 Å². The quantitative estimate of drug-likeness (QED) is 0.838. The second-order valence-electron chi connectivity index (χ2n) is 6.19. The maximum Gasteiger partial charge on any atom is 0.253 e. The molecule has 0 spiro atoms. The van der Waals surface area contributed by atoms with Crippen molar-refractivity contribution in [2.75, 3.05) is 26.3 Å². The van der Waals surface area contributed by atoms with Gasteiger partial charge in [-0.25, -0.2) is 0 Å². The zero-order chi connectivity index (χ0) is 15.2. The zero-order valence-corrected chi connectivity index (χ0v) is 12.9. The Kier molecular flexibility index (Phi) is 5.76. The first kappa shape index (κ1) is 16.0. The highest BCUT2D eigenvalue weighted by Gasteiger charge is 2.30. The Morgan fingerprint density at radius 1 is 1.33 bits per heavy atom. The van der Waals surface area contributed by atoms with E-state index in [-0.39, 0.29) is 12.5 Å². The first-order valence-corrected chi connectivity index (χ1v) is 7.67. The molecular weight excluding hydrogens is 266 g/mol. The number of aliphatic hydroxyl groups is 1. The van der Waals surface area contributed by atoms with Crippen LogP contribution in [0.15, 0.2) is 24.3 Å². The molecule has 2 rings (SSSR count). The van der Waals surface area contributed by atoms with E-state index in [1.165, 1.54) is 0 Å². The van der Waals surface area contributed by atoms with Crippen LogP contribution < -0.4 is 0 Å². The molecule has 1 aromatic carbocycles. The number of rotatable bonds is 7. The SMILES string of the molecule is CC(C)COCc1ccc(C(=O)N2CC(CCO)C2)cc1. The summed E-state index contributed by atoms with van der Waals surface area (Å²) in [5, 5.41) is 8.86. The lowest BCUT2D eigenvalue weighted by atomic mass is 9.95. The lowest BCUT2D eigenvalue weighted by molar-refractivity contribution is 0.0448. The maximum atomic E-state index is 12.2. The van der Waals surface area contributed by atoms with Crippen molar-refractivity contribution in [1.82, 2.24) is 4.90 Å². The number of carbonyl (C=O) groups excluding carboxylic acids is 1. The Hall–Kier alpha value is -1.39. The second kappa shape index (κ2) is 7.57. The average molecular weight is 291 g/mol. The molecule has 1 N–H and O–H groups in total. The lowest BCUT2D eigenvalue weighted by Gasteiger charge is -2.39. The van der Waals surface area contributed by atoms with Gasteiger partial charge in [0.2, 0.25) is 0 Å². The molecule has 1 aromatic rings. The molecule has 0 bridgehead atoms. The first-order chi connectivity index (χ1) is 10.1. The summed E-state index contributed by atoms with van der Waals surface area (Å²) in [5.41, 5.74) is 1.82. The molecule has 21 heavy (non-hydrogen) atoms. The van der Waals surface area contributed by atoms with Crippen LogP contribution in [0.5, 0.6) is 0 Å². The van der Waals surface area contributed by atoms with Crippen molar-refractivity contribution >= 4 is 5.91 Å². The highest BCUT2D eigenvalue weighted by Crippen LogP contribution is 2.21. The Morgan fingerprint density at radius 3 is 2.57 bits per heavy atom. The van der Waals surface area contributed by atoms with E-state index >= 15 is 0 Å². The van der Waals surface area contributed by atoms with Crippen LogP contribution in [-0.4, -0.2) is 42.2 Å². The van der Waals surface area contributed by atoms with Crippen LogP contribution in [0.25, 0.3) is 0 Å². The van der Waals surface area contributed by atoms with Crippen LogP contribution in [0.4, 0.5) is 0 Å². The molecule has 1 saturated heterocycles. The van der Waals surface area contributed by atoms with Crippen LogP contribution in [0.1, 0.15) is 36.2 Å². The van der Waals surface area contributed by atoms with Crippen molar-refractivity contribution < 1.29 is 14.6 Å². The molecule has 0 saturated carbocycles. The minimum absolute atomic E-state index is 0.0823. The Balaban J connectivity index is 1.80. The molecule has 0 radical (unpaired) electrons. The number of likely N-dealkylation sites (tertiary alicyclic amines) is 1. The van der Waals surface area contributed by atoms with Crippen LogP contribution >= 0.6 is 0 Å². The topological polar surface area (TPSA) is 49.8 Å². The van der Waals surface area contributed by atoms with Gasteiger partial charge < -0.3 is 14.7 Å². The molecule has 4 nitrogen and oxygen atoms in total. The predicted molar refractivity (Wildman–Crippen MR) is 82.0 cm³/mol. The van der Waals surface area contributed by atoms with Crippen molar-refractivity contribution in [3.8, 4) is 0 Å². The fourth-order valence-electron chi connectivity index (χ4n) is 2.44. The summed E-state index contributed by atoms with van der Waals surface area (Å²) in [7, 11) is 0. The minimum Gasteiger partial charge on any atom is -0.396 e. The number of amides is 1. The Bertz CT molecular complexity index is 450. The molecule has 1 heterocycles. The van der Waals surface area contributed by atoms with E-state index in [4.69, 9.17) is 9.84 Å². The van der Waals surface area contributed by atoms with Crippen molar-refractivity contribution in [2.45, 2.75) is 26.9 Å². The molecule has 0 unspecified atom stereocenters. The third kappa shape index (κ3) is 4.55. The molecule has 1 aliphatic rings. The van der Waals surface area contributed by atoms with Crippen LogP contribution in [0, 0.1) is 11.8 Å². The zero-order valence-electron chi connectivity index (χ0n) is 12.9. The molecular formula is C17H25NO3. The monoisotopic (exact) mass is 291 g/mol. The van der Waals surface area contributed by atoms with E-state index in [1.54, 1.807) is 0 Å². The highest BCUT2D eigenvalue weighted by atomic mass is 16.5. The van der Waals surface area contributed by atoms with Gasteiger partial charge in [-0.1, -0.05) is 26.0 Å². The normalized spacial score (nSPS) is 15.3. The molecule has 116 valence electrons. The number of aliphatic hydroxyl groups excluding tert-OH is 1. The summed E-state index contributed by atoms with van der Waals surface area (Å²) in [6.45, 7) is 7.32. The van der Waals surface area contributed by atoms with Gasteiger partial charge in [0.15, 0.2) is 0 Å². The van der Waals surface area contributed by atoms with Crippen molar-refractivity contribution in [3.63, 3.8) is 0 Å². The summed E-state index contributed by atoms with van der Waals surface area (Å²) in [4.78, 5) is 14.1. The number of carbonyl (C=O) groups is 1. The number of hydrogen-bond donors (Lipinski definition) is 1. The summed E-state index contributed by atoms with van der Waals surface area (Å²) >= 11 is 0. The van der Waals surface area contributed by atoms with E-state index in [2.05, 4.69) is 13.8 Å². The molecule has 0 aromatic heterocycles. The van der Waals surface area contributed by atoms with E-state index in [9.17, 15) is 4.79 Å². The first-order valence-electron chi connectivity index (χ1n) is 7.67. The molecule has 0 atom stereocenters. The van der Waals surface area contributed by atoms with Gasteiger partial charge in [0.25, 0.3) is 5.91 Å². The average Bonchev–Trinajstić information content (AvgIpc) is 2.42. The molecule has 1 amide bonds. The van der Waals surface area contributed by atoms with Crippen molar-refractivity contribution in [3.05, 3.63) is 35.4 Å². The van der Waals surface area contributed by atoms with Gasteiger partial charge in [-0.3, -0.25) is 4.79 Å². The van der Waals surface area contributed by atoms with Gasteiger partial charge in [0, 0.05) is 31.9 Å². The summed E-state index contributed by atoms with van der Waals surface area (Å²) in [6, 6.07) is 7.66. The van der Waals surface area contributed by atoms with E-state index in [0.717, 1.165) is 37.2 Å². The summed E-state index contributed by atoms with van der Waals surface area (Å²) < 4.78 is 5.58. The van der Waals surface area contributed by atoms with Gasteiger partial charge in [0.1, 0.15) is 0 Å². The van der Waals surface area contributed by atoms with E-state index in [1.807, 2.05) is 29.2 Å². The number of benzene rings is 1. The van der Waals surface area contributed by atoms with Gasteiger partial charge >= 0.3 is 0 Å². The third-order valence-corrected chi connectivity index (χ3v) is 3.70. The molecule has 1 fully saturated rings. The molecule has 1 aliphatic heterocycles. The summed E-state index contributed by atoms with van der Waals surface area (Å²) in [5.74, 6) is 1.07. The smallest absolute Gasteiger partial charge is 0.253 e. The molecule has 4 heteroatoms. The Labute approximate surface area is 126 Å². The molecule has 0 aliphatic carbocycles. The van der Waals surface area contributed by atoms with E-state index in [0.29, 0.717) is 18.4 Å². The summed E-state index contributed by atoms with van der Waals surface area (Å²) in [6.07, 6.45) is 0.788. The number of ether oxygens (including phenoxy) is 1. The Morgan fingerprint density at radius 2 is 2.00 bits per heavy atom. The van der Waals surface area contributed by atoms with Gasteiger partial charge in [-0.05, 0) is 36.0 Å². The fourth-order valence-corrected chi connectivity index (χ4v) is 2.44. The van der Waals surface area contributed by atoms with Crippen molar-refractivity contribution in [1.29, 1.82) is 0 Å². The maximum absolute atomic E-state index is 12.2. The lowest BCUT2D eigenvalue weighted by Crippen LogP contribution is -2.50. The fraction of sp³-hybridized carbons (Fsp3) is 0.588.